The monoisotopic (exact) mass is 434 g/mol. The van der Waals surface area contributed by atoms with Crippen molar-refractivity contribution in [3.63, 3.8) is 0 Å². The van der Waals surface area contributed by atoms with E-state index in [-0.39, 0.29) is 13.0 Å². The van der Waals surface area contributed by atoms with Crippen molar-refractivity contribution >= 4 is 22.1 Å². The summed E-state index contributed by atoms with van der Waals surface area (Å²) < 4.78 is 37.1. The molecular weight excluding hydrogens is 396 g/mol. The Morgan fingerprint density at radius 3 is 1.76 bits per heavy atom. The van der Waals surface area contributed by atoms with E-state index >= 15 is 0 Å². The zero-order valence-corrected chi connectivity index (χ0v) is 18.5. The molecule has 0 aliphatic heterocycles. The summed E-state index contributed by atoms with van der Waals surface area (Å²) in [5.74, 6) is -2.13. The lowest BCUT2D eigenvalue weighted by Gasteiger charge is -2.13. The summed E-state index contributed by atoms with van der Waals surface area (Å²) in [4.78, 5) is 21.6. The summed E-state index contributed by atoms with van der Waals surface area (Å²) in [7, 11) is -4.21. The zero-order valence-electron chi connectivity index (χ0n) is 17.7. The highest BCUT2D eigenvalue weighted by atomic mass is 32.2. The number of rotatable bonds is 19. The summed E-state index contributed by atoms with van der Waals surface area (Å²) >= 11 is 0. The predicted octanol–water partition coefficient (Wildman–Crippen LogP) is 4.91. The molecule has 0 radical (unpaired) electrons. The van der Waals surface area contributed by atoms with Gasteiger partial charge in [-0.1, -0.05) is 84.0 Å². The van der Waals surface area contributed by atoms with E-state index < -0.39 is 27.3 Å². The van der Waals surface area contributed by atoms with Gasteiger partial charge in [0, 0.05) is 18.6 Å². The molecule has 0 rings (SSSR count). The maximum Gasteiger partial charge on any atom is 0.331 e. The number of ether oxygens (including phenoxy) is 1. The van der Waals surface area contributed by atoms with Crippen LogP contribution in [0.4, 0.5) is 0 Å². The molecule has 0 aliphatic rings. The average molecular weight is 435 g/mol. The van der Waals surface area contributed by atoms with Crippen LogP contribution in [0.3, 0.4) is 0 Å². The normalized spacial score (nSPS) is 12.9. The number of carboxylic acid groups (broad SMARTS) is 1. The van der Waals surface area contributed by atoms with E-state index in [1.54, 1.807) is 0 Å². The fourth-order valence-electron chi connectivity index (χ4n) is 3.13. The van der Waals surface area contributed by atoms with Gasteiger partial charge in [0.15, 0.2) is 0 Å². The molecule has 2 N–H and O–H groups in total. The van der Waals surface area contributed by atoms with Gasteiger partial charge >= 0.3 is 11.9 Å². The molecule has 7 nitrogen and oxygen atoms in total. The van der Waals surface area contributed by atoms with E-state index in [2.05, 4.69) is 6.92 Å². The molecule has 170 valence electrons. The molecule has 0 heterocycles. The van der Waals surface area contributed by atoms with E-state index in [0.717, 1.165) is 25.3 Å². The van der Waals surface area contributed by atoms with Crippen LogP contribution >= 0.6 is 0 Å². The van der Waals surface area contributed by atoms with Gasteiger partial charge in [0.25, 0.3) is 10.1 Å². The lowest BCUT2D eigenvalue weighted by Crippen LogP contribution is -2.23. The van der Waals surface area contributed by atoms with Gasteiger partial charge in [-0.05, 0) is 6.42 Å². The minimum absolute atomic E-state index is 0.0104. The number of esters is 1. The molecule has 0 saturated heterocycles. The number of carboxylic acids is 1. The van der Waals surface area contributed by atoms with Gasteiger partial charge in [-0.3, -0.25) is 4.55 Å². The fourth-order valence-corrected chi connectivity index (χ4v) is 3.99. The highest BCUT2D eigenvalue weighted by Crippen LogP contribution is 2.17. The van der Waals surface area contributed by atoms with E-state index in [4.69, 9.17) is 9.84 Å². The first-order valence-corrected chi connectivity index (χ1v) is 12.3. The maximum absolute atomic E-state index is 11.5. The van der Waals surface area contributed by atoms with Gasteiger partial charge in [0.1, 0.15) is 0 Å². The first-order valence-electron chi connectivity index (χ1n) is 10.8. The van der Waals surface area contributed by atoms with Crippen molar-refractivity contribution in [1.29, 1.82) is 0 Å². The number of hydrogen-bond donors (Lipinski definition) is 2. The molecule has 0 aliphatic carbocycles. The Morgan fingerprint density at radius 1 is 0.828 bits per heavy atom. The van der Waals surface area contributed by atoms with Crippen LogP contribution in [-0.4, -0.2) is 41.9 Å². The number of hydrogen-bond acceptors (Lipinski definition) is 5. The molecule has 0 aromatic carbocycles. The third-order valence-corrected chi connectivity index (χ3v) is 6.16. The largest absolute Gasteiger partial charge is 0.478 e. The van der Waals surface area contributed by atoms with Crippen LogP contribution in [-0.2, 0) is 24.4 Å². The van der Waals surface area contributed by atoms with Crippen molar-refractivity contribution in [2.75, 3.05) is 6.61 Å². The number of carbonyl (C=O) groups excluding carboxylic acids is 1. The fraction of sp³-hybridized carbons (Fsp3) is 0.810. The molecular formula is C21H38O7S. The van der Waals surface area contributed by atoms with Crippen molar-refractivity contribution in [2.45, 2.75) is 102 Å². The van der Waals surface area contributed by atoms with E-state index in [1.165, 1.54) is 51.4 Å². The summed E-state index contributed by atoms with van der Waals surface area (Å²) in [5, 5.41) is 7.45. The van der Waals surface area contributed by atoms with Crippen molar-refractivity contribution in [1.82, 2.24) is 0 Å². The Kier molecular flexibility index (Phi) is 16.6. The Bertz CT molecular complexity index is 570. The lowest BCUT2D eigenvalue weighted by molar-refractivity contribution is -0.138. The molecule has 29 heavy (non-hydrogen) atoms. The van der Waals surface area contributed by atoms with Crippen molar-refractivity contribution in [3.8, 4) is 0 Å². The van der Waals surface area contributed by atoms with Crippen LogP contribution in [0, 0.1) is 0 Å². The smallest absolute Gasteiger partial charge is 0.331 e. The second-order valence-corrected chi connectivity index (χ2v) is 9.14. The first-order chi connectivity index (χ1) is 13.8. The van der Waals surface area contributed by atoms with Crippen LogP contribution in [0.2, 0.25) is 0 Å². The lowest BCUT2D eigenvalue weighted by atomic mass is 10.0. The van der Waals surface area contributed by atoms with E-state index in [1.807, 2.05) is 0 Å². The molecule has 1 unspecified atom stereocenters. The van der Waals surface area contributed by atoms with Gasteiger partial charge in [-0.15, -0.1) is 0 Å². The molecule has 0 aromatic rings. The van der Waals surface area contributed by atoms with Crippen LogP contribution < -0.4 is 0 Å². The van der Waals surface area contributed by atoms with Crippen LogP contribution in [0.25, 0.3) is 0 Å². The molecule has 0 spiro atoms. The Labute approximate surface area is 175 Å². The van der Waals surface area contributed by atoms with Gasteiger partial charge in [-0.2, -0.15) is 8.42 Å². The van der Waals surface area contributed by atoms with Gasteiger partial charge in [0.2, 0.25) is 0 Å². The topological polar surface area (TPSA) is 118 Å². The minimum atomic E-state index is -4.21. The highest BCUT2D eigenvalue weighted by molar-refractivity contribution is 7.86. The van der Waals surface area contributed by atoms with Gasteiger partial charge in [0.05, 0.1) is 11.9 Å². The van der Waals surface area contributed by atoms with Crippen molar-refractivity contribution in [3.05, 3.63) is 12.2 Å². The second-order valence-electron chi connectivity index (χ2n) is 7.44. The summed E-state index contributed by atoms with van der Waals surface area (Å²) in [6.45, 7) is 2.03. The minimum Gasteiger partial charge on any atom is -0.478 e. The average Bonchev–Trinajstić information content (AvgIpc) is 2.64. The second kappa shape index (κ2) is 17.4. The van der Waals surface area contributed by atoms with Crippen LogP contribution in [0.1, 0.15) is 96.8 Å². The first kappa shape index (κ1) is 27.6. The maximum atomic E-state index is 11.5. The highest BCUT2D eigenvalue weighted by Gasteiger charge is 2.22. The van der Waals surface area contributed by atoms with Crippen molar-refractivity contribution in [2.24, 2.45) is 0 Å². The number of unbranched alkanes of at least 4 members (excludes halogenated alkanes) is 11. The number of carbonyl (C=O) groups is 2. The quantitative estimate of drug-likeness (QED) is 0.128. The standard InChI is InChI=1S/C21H38O7S/c1-2-3-4-5-6-7-8-9-10-11-12-13-14-19(29(25,26)27)17-18-28-21(24)16-15-20(22)23/h15-16,19H,2-14,17-18H2,1H3,(H,22,23)(H,25,26,27)/b16-15-. The van der Waals surface area contributed by atoms with Crippen LogP contribution in [0.5, 0.6) is 0 Å². The zero-order chi connectivity index (χ0) is 22.0. The molecule has 0 amide bonds. The van der Waals surface area contributed by atoms with E-state index in [9.17, 15) is 22.6 Å². The third kappa shape index (κ3) is 18.4. The molecule has 0 bridgehead atoms. The molecule has 8 heteroatoms. The number of aliphatic carboxylic acids is 1. The Morgan fingerprint density at radius 2 is 1.31 bits per heavy atom. The van der Waals surface area contributed by atoms with Gasteiger partial charge in [-0.25, -0.2) is 9.59 Å². The molecule has 0 aromatic heterocycles. The molecule has 0 saturated carbocycles. The van der Waals surface area contributed by atoms with Crippen LogP contribution in [0.15, 0.2) is 12.2 Å². The third-order valence-electron chi connectivity index (χ3n) is 4.85. The Hall–Kier alpha value is -1.41. The SMILES string of the molecule is CCCCCCCCCCCCCCC(CCOC(=O)/C=C\C(=O)O)S(=O)(=O)O. The summed E-state index contributed by atoms with van der Waals surface area (Å²) in [6.07, 6.45) is 15.8. The molecule has 1 atom stereocenters. The van der Waals surface area contributed by atoms with Gasteiger partial charge < -0.3 is 9.84 Å². The molecule has 0 fully saturated rings. The van der Waals surface area contributed by atoms with E-state index in [0.29, 0.717) is 18.9 Å². The summed E-state index contributed by atoms with van der Waals surface area (Å²) in [6, 6.07) is 0. The predicted molar refractivity (Wildman–Crippen MR) is 113 cm³/mol. The van der Waals surface area contributed by atoms with Crippen molar-refractivity contribution < 1.29 is 32.4 Å². The Balaban J connectivity index is 3.83. The summed E-state index contributed by atoms with van der Waals surface area (Å²) in [5.41, 5.74) is 0.